The monoisotopic (exact) mass is 508 g/mol. The Morgan fingerprint density at radius 2 is 2.03 bits per heavy atom. The SMILES string of the molecule is Cl.Cn1cnc2c(C#N)nc(-c3ccc(OCCCN4CCNC(C)(C)C4)c(C(F)(F)F)c3)cc21. The van der Waals surface area contributed by atoms with Crippen LogP contribution in [0.3, 0.4) is 0 Å². The van der Waals surface area contributed by atoms with E-state index >= 15 is 0 Å². The van der Waals surface area contributed by atoms with Gasteiger partial charge < -0.3 is 19.5 Å². The molecule has 7 nitrogen and oxygen atoms in total. The second kappa shape index (κ2) is 10.4. The van der Waals surface area contributed by atoms with Crippen LogP contribution in [0.25, 0.3) is 22.3 Å². The van der Waals surface area contributed by atoms with Crippen LogP contribution in [0, 0.1) is 11.3 Å². The van der Waals surface area contributed by atoms with E-state index < -0.39 is 11.7 Å². The number of imidazole rings is 1. The smallest absolute Gasteiger partial charge is 0.419 e. The van der Waals surface area contributed by atoms with Crippen molar-refractivity contribution in [2.75, 3.05) is 32.8 Å². The third kappa shape index (κ3) is 6.04. The third-order valence-electron chi connectivity index (χ3n) is 5.93. The van der Waals surface area contributed by atoms with Crippen molar-refractivity contribution in [1.82, 2.24) is 24.8 Å². The lowest BCUT2D eigenvalue weighted by molar-refractivity contribution is -0.138. The molecular weight excluding hydrogens is 481 g/mol. The van der Waals surface area contributed by atoms with Gasteiger partial charge in [0.2, 0.25) is 0 Å². The summed E-state index contributed by atoms with van der Waals surface area (Å²) in [5, 5.41) is 12.9. The normalized spacial score (nSPS) is 16.0. The van der Waals surface area contributed by atoms with Crippen molar-refractivity contribution < 1.29 is 17.9 Å². The zero-order valence-corrected chi connectivity index (χ0v) is 20.6. The van der Waals surface area contributed by atoms with E-state index in [1.807, 2.05) is 6.07 Å². The van der Waals surface area contributed by atoms with E-state index in [4.69, 9.17) is 4.74 Å². The number of hydrogen-bond donors (Lipinski definition) is 1. The average Bonchev–Trinajstić information content (AvgIpc) is 3.15. The van der Waals surface area contributed by atoms with E-state index in [1.54, 1.807) is 17.7 Å². The molecule has 1 aromatic carbocycles. The molecule has 3 aromatic rings. The molecule has 188 valence electrons. The Bertz CT molecular complexity index is 1230. The first-order valence-corrected chi connectivity index (χ1v) is 11.1. The fraction of sp³-hybridized carbons (Fsp3) is 0.458. The molecule has 0 atom stereocenters. The van der Waals surface area contributed by atoms with Gasteiger partial charge in [-0.05, 0) is 44.5 Å². The number of nitriles is 1. The van der Waals surface area contributed by atoms with E-state index in [-0.39, 0.29) is 47.3 Å². The van der Waals surface area contributed by atoms with E-state index in [2.05, 4.69) is 34.0 Å². The van der Waals surface area contributed by atoms with Crippen LogP contribution in [0.1, 0.15) is 31.5 Å². The minimum Gasteiger partial charge on any atom is -0.493 e. The number of halogens is 4. The van der Waals surface area contributed by atoms with Crippen molar-refractivity contribution in [3.05, 3.63) is 41.9 Å². The molecule has 2 aromatic heterocycles. The van der Waals surface area contributed by atoms with Crippen LogP contribution in [0.15, 0.2) is 30.6 Å². The van der Waals surface area contributed by atoms with Crippen LogP contribution in [-0.2, 0) is 13.2 Å². The van der Waals surface area contributed by atoms with Crippen LogP contribution in [0.4, 0.5) is 13.2 Å². The lowest BCUT2D eigenvalue weighted by atomic mass is 10.0. The largest absolute Gasteiger partial charge is 0.493 e. The zero-order chi connectivity index (χ0) is 24.5. The van der Waals surface area contributed by atoms with E-state index in [1.165, 1.54) is 18.5 Å². The molecule has 4 rings (SSSR count). The second-order valence-electron chi connectivity index (χ2n) is 9.19. The highest BCUT2D eigenvalue weighted by atomic mass is 35.5. The fourth-order valence-electron chi connectivity index (χ4n) is 4.30. The third-order valence-corrected chi connectivity index (χ3v) is 5.93. The number of rotatable bonds is 6. The molecule has 11 heteroatoms. The van der Waals surface area contributed by atoms with Gasteiger partial charge >= 0.3 is 6.18 Å². The molecule has 1 aliphatic rings. The minimum absolute atomic E-state index is 0. The molecule has 3 heterocycles. The summed E-state index contributed by atoms with van der Waals surface area (Å²) < 4.78 is 48.8. The van der Waals surface area contributed by atoms with Crippen molar-refractivity contribution in [3.63, 3.8) is 0 Å². The molecule has 0 bridgehead atoms. The maximum Gasteiger partial charge on any atom is 0.419 e. The number of nitrogens with zero attached hydrogens (tertiary/aromatic N) is 5. The number of aryl methyl sites for hydroxylation is 1. The molecule has 35 heavy (non-hydrogen) atoms. The highest BCUT2D eigenvalue weighted by molar-refractivity contribution is 5.85. The van der Waals surface area contributed by atoms with Gasteiger partial charge in [0.1, 0.15) is 17.3 Å². The molecule has 1 fully saturated rings. The highest BCUT2D eigenvalue weighted by Crippen LogP contribution is 2.39. The van der Waals surface area contributed by atoms with Crippen LogP contribution < -0.4 is 10.1 Å². The number of hydrogen-bond acceptors (Lipinski definition) is 6. The average molecular weight is 509 g/mol. The molecule has 0 amide bonds. The van der Waals surface area contributed by atoms with Crippen LogP contribution >= 0.6 is 12.4 Å². The van der Waals surface area contributed by atoms with Gasteiger partial charge in [-0.15, -0.1) is 12.4 Å². The first-order valence-electron chi connectivity index (χ1n) is 11.1. The predicted molar refractivity (Wildman–Crippen MR) is 130 cm³/mol. The first-order chi connectivity index (χ1) is 16.1. The highest BCUT2D eigenvalue weighted by Gasteiger charge is 2.35. The van der Waals surface area contributed by atoms with Gasteiger partial charge in [-0.2, -0.15) is 18.4 Å². The van der Waals surface area contributed by atoms with E-state index in [0.717, 1.165) is 32.2 Å². The summed E-state index contributed by atoms with van der Waals surface area (Å²) in [6.45, 7) is 7.89. The van der Waals surface area contributed by atoms with Crippen LogP contribution in [0.5, 0.6) is 5.75 Å². The Morgan fingerprint density at radius 3 is 2.71 bits per heavy atom. The number of benzene rings is 1. The molecule has 0 radical (unpaired) electrons. The Balaban J connectivity index is 0.00000342. The van der Waals surface area contributed by atoms with E-state index in [9.17, 15) is 18.4 Å². The minimum atomic E-state index is -4.59. The summed E-state index contributed by atoms with van der Waals surface area (Å²) in [6, 6.07) is 7.50. The predicted octanol–water partition coefficient (Wildman–Crippen LogP) is 4.40. The van der Waals surface area contributed by atoms with Gasteiger partial charge in [-0.1, -0.05) is 0 Å². The van der Waals surface area contributed by atoms with Crippen molar-refractivity contribution in [2.24, 2.45) is 7.05 Å². The number of ether oxygens (including phenoxy) is 1. The Labute approximate surface area is 208 Å². The Hall–Kier alpha value is -2.87. The molecule has 1 saturated heterocycles. The Morgan fingerprint density at radius 1 is 1.26 bits per heavy atom. The van der Waals surface area contributed by atoms with Gasteiger partial charge in [0.15, 0.2) is 5.69 Å². The summed E-state index contributed by atoms with van der Waals surface area (Å²) in [6.07, 6.45) is -2.43. The fourth-order valence-corrected chi connectivity index (χ4v) is 4.30. The molecule has 1 N–H and O–H groups in total. The maximum atomic E-state index is 13.9. The van der Waals surface area contributed by atoms with Gasteiger partial charge in [0.25, 0.3) is 0 Å². The lowest BCUT2D eigenvalue weighted by Gasteiger charge is -2.39. The molecule has 1 aliphatic heterocycles. The summed E-state index contributed by atoms with van der Waals surface area (Å²) in [7, 11) is 1.75. The summed E-state index contributed by atoms with van der Waals surface area (Å²) in [5.74, 6) is -0.209. The van der Waals surface area contributed by atoms with Gasteiger partial charge in [-0.25, -0.2) is 9.97 Å². The zero-order valence-electron chi connectivity index (χ0n) is 19.8. The molecule has 0 spiro atoms. The van der Waals surface area contributed by atoms with Crippen molar-refractivity contribution in [3.8, 4) is 23.1 Å². The topological polar surface area (TPSA) is 79.0 Å². The van der Waals surface area contributed by atoms with Crippen molar-refractivity contribution >= 4 is 23.4 Å². The molecule has 0 aliphatic carbocycles. The Kier molecular flexibility index (Phi) is 7.94. The first kappa shape index (κ1) is 26.7. The van der Waals surface area contributed by atoms with Crippen molar-refractivity contribution in [1.29, 1.82) is 5.26 Å². The van der Waals surface area contributed by atoms with Gasteiger partial charge in [0, 0.05) is 44.3 Å². The van der Waals surface area contributed by atoms with Gasteiger partial charge in [-0.3, -0.25) is 0 Å². The standard InChI is InChI=1S/C24H27F3N6O.ClH/c1-23(2)14-33(9-7-30-23)8-4-10-34-21-6-5-16(11-17(21)24(25,26)27)18-12-20-22(19(13-28)31-18)29-15-32(20)3;/h5-6,11-12,15,30H,4,7-10,14H2,1-3H3;1H. The number of pyridine rings is 1. The summed E-state index contributed by atoms with van der Waals surface area (Å²) in [5.41, 5.74) is 0.783. The second-order valence-corrected chi connectivity index (χ2v) is 9.19. The number of piperazine rings is 1. The van der Waals surface area contributed by atoms with Crippen LogP contribution in [0.2, 0.25) is 0 Å². The number of alkyl halides is 3. The van der Waals surface area contributed by atoms with E-state index in [0.29, 0.717) is 17.5 Å². The number of fused-ring (bicyclic) bond motifs is 1. The summed E-state index contributed by atoms with van der Waals surface area (Å²) >= 11 is 0. The summed E-state index contributed by atoms with van der Waals surface area (Å²) in [4.78, 5) is 10.7. The quantitative estimate of drug-likeness (QED) is 0.497. The van der Waals surface area contributed by atoms with Crippen molar-refractivity contribution in [2.45, 2.75) is 32.0 Å². The lowest BCUT2D eigenvalue weighted by Crippen LogP contribution is -2.57. The van der Waals surface area contributed by atoms with Gasteiger partial charge in [0.05, 0.1) is 29.7 Å². The molecule has 0 unspecified atom stereocenters. The maximum absolute atomic E-state index is 13.9. The number of nitrogens with one attached hydrogen (secondary N) is 1. The molecule has 0 saturated carbocycles. The van der Waals surface area contributed by atoms with Crippen LogP contribution in [-0.4, -0.2) is 57.8 Å². The number of aromatic nitrogens is 3. The molecular formula is C24H28ClF3N6O.